The molecule has 0 radical (unpaired) electrons. The van der Waals surface area contributed by atoms with Crippen LogP contribution in [0, 0.1) is 5.92 Å². The smallest absolute Gasteiger partial charge is 0.306 e. The largest absolute Gasteiger partial charge is 0.481 e. The lowest BCUT2D eigenvalue weighted by Gasteiger charge is -2.25. The summed E-state index contributed by atoms with van der Waals surface area (Å²) in [7, 11) is 0. The average molecular weight is 440 g/mol. The molecule has 1 saturated carbocycles. The van der Waals surface area contributed by atoms with E-state index in [9.17, 15) is 9.90 Å². The molecule has 31 heavy (non-hydrogen) atoms. The lowest BCUT2D eigenvalue weighted by molar-refractivity contribution is -0.142. The summed E-state index contributed by atoms with van der Waals surface area (Å²) in [6.07, 6.45) is 2.86. The maximum atomic E-state index is 11.3. The normalized spacial score (nSPS) is 20.0. The average Bonchev–Trinajstić information content (AvgIpc) is 3.25. The highest BCUT2D eigenvalue weighted by molar-refractivity contribution is 6.31. The van der Waals surface area contributed by atoms with Crippen LogP contribution >= 0.6 is 11.6 Å². The van der Waals surface area contributed by atoms with Crippen molar-refractivity contribution in [3.05, 3.63) is 52.8 Å². The molecule has 0 amide bonds. The van der Waals surface area contributed by atoms with Crippen molar-refractivity contribution in [2.75, 3.05) is 12.1 Å². The molecule has 7 nitrogen and oxygen atoms in total. The minimum absolute atomic E-state index is 0.154. The zero-order valence-corrected chi connectivity index (χ0v) is 17.6. The third-order valence-corrected chi connectivity index (χ3v) is 6.25. The molecule has 0 saturated heterocycles. The number of aliphatic carboxylic acids is 1. The van der Waals surface area contributed by atoms with Crippen LogP contribution in [0.5, 0.6) is 11.5 Å². The van der Waals surface area contributed by atoms with Gasteiger partial charge in [0.2, 0.25) is 6.79 Å². The number of benzene rings is 2. The van der Waals surface area contributed by atoms with Crippen molar-refractivity contribution in [2.24, 2.45) is 5.92 Å². The monoisotopic (exact) mass is 439 g/mol. The number of rotatable bonds is 5. The number of hydrogen-bond donors (Lipinski definition) is 2. The van der Waals surface area contributed by atoms with Gasteiger partial charge in [-0.05, 0) is 61.6 Å². The lowest BCUT2D eigenvalue weighted by Crippen LogP contribution is -2.21. The number of aromatic nitrogens is 2. The summed E-state index contributed by atoms with van der Waals surface area (Å²) < 4.78 is 10.8. The molecule has 0 unspecified atom stereocenters. The molecule has 0 bridgehead atoms. The summed E-state index contributed by atoms with van der Waals surface area (Å²) in [6.45, 7) is 0.801. The van der Waals surface area contributed by atoms with E-state index in [1.807, 2.05) is 36.4 Å². The Hall–Kier alpha value is -3.06. The highest BCUT2D eigenvalue weighted by atomic mass is 35.5. The number of hydrogen-bond acceptors (Lipinski definition) is 6. The second kappa shape index (κ2) is 8.23. The van der Waals surface area contributed by atoms with Crippen molar-refractivity contribution in [1.82, 2.24) is 9.97 Å². The third kappa shape index (κ3) is 4.10. The topological polar surface area (TPSA) is 93.6 Å². The lowest BCUT2D eigenvalue weighted by atomic mass is 9.81. The van der Waals surface area contributed by atoms with Crippen molar-refractivity contribution in [3.63, 3.8) is 0 Å². The van der Waals surface area contributed by atoms with E-state index in [1.165, 1.54) is 0 Å². The van der Waals surface area contributed by atoms with Crippen molar-refractivity contribution >= 4 is 34.3 Å². The SMILES string of the molecule is O=C(O)[C@H]1CC[C@@H](c2nc(NCc3ccc4c(c3)OCO4)c3cc(Cl)ccc3n2)CC1. The first-order valence-corrected chi connectivity index (χ1v) is 10.8. The number of carbonyl (C=O) groups is 1. The van der Waals surface area contributed by atoms with Crippen LogP contribution in [0.4, 0.5) is 5.82 Å². The van der Waals surface area contributed by atoms with Crippen LogP contribution in [0.25, 0.3) is 10.9 Å². The molecule has 0 atom stereocenters. The van der Waals surface area contributed by atoms with Crippen molar-refractivity contribution in [2.45, 2.75) is 38.1 Å². The fourth-order valence-corrected chi connectivity index (χ4v) is 4.44. The van der Waals surface area contributed by atoms with Crippen molar-refractivity contribution in [3.8, 4) is 11.5 Å². The molecule has 1 aliphatic heterocycles. The van der Waals surface area contributed by atoms with Gasteiger partial charge in [-0.25, -0.2) is 9.97 Å². The van der Waals surface area contributed by atoms with Crippen LogP contribution in [0.2, 0.25) is 5.02 Å². The fourth-order valence-electron chi connectivity index (χ4n) is 4.27. The zero-order chi connectivity index (χ0) is 21.4. The minimum Gasteiger partial charge on any atom is -0.481 e. The Bertz CT molecular complexity index is 1150. The minimum atomic E-state index is -0.710. The summed E-state index contributed by atoms with van der Waals surface area (Å²) in [5.41, 5.74) is 1.87. The quantitative estimate of drug-likeness (QED) is 0.578. The van der Waals surface area contributed by atoms with Crippen LogP contribution in [0.3, 0.4) is 0 Å². The number of fused-ring (bicyclic) bond motifs is 2. The van der Waals surface area contributed by atoms with Crippen LogP contribution in [0.1, 0.15) is 43.0 Å². The molecule has 2 aliphatic rings. The number of anilines is 1. The molecule has 1 aliphatic carbocycles. The van der Waals surface area contributed by atoms with Gasteiger partial charge in [0.15, 0.2) is 11.5 Å². The summed E-state index contributed by atoms with van der Waals surface area (Å²) in [5.74, 6) is 2.15. The summed E-state index contributed by atoms with van der Waals surface area (Å²) >= 11 is 6.24. The van der Waals surface area contributed by atoms with Gasteiger partial charge < -0.3 is 19.9 Å². The van der Waals surface area contributed by atoms with Gasteiger partial charge in [0, 0.05) is 22.9 Å². The first kappa shape index (κ1) is 19.9. The van der Waals surface area contributed by atoms with Crippen molar-refractivity contribution in [1.29, 1.82) is 0 Å². The predicted molar refractivity (Wildman–Crippen MR) is 117 cm³/mol. The van der Waals surface area contributed by atoms with Gasteiger partial charge in [-0.3, -0.25) is 4.79 Å². The molecular weight excluding hydrogens is 418 g/mol. The predicted octanol–water partition coefficient (Wildman–Crippen LogP) is 4.98. The molecule has 2 heterocycles. The Morgan fingerprint density at radius 1 is 1.06 bits per heavy atom. The Balaban J connectivity index is 1.42. The number of nitrogens with zero attached hydrogens (tertiary/aromatic N) is 2. The molecule has 2 aromatic carbocycles. The number of ether oxygens (including phenoxy) is 2. The van der Waals surface area contributed by atoms with E-state index < -0.39 is 5.97 Å². The van der Waals surface area contributed by atoms with E-state index >= 15 is 0 Å². The molecule has 0 spiro atoms. The molecule has 3 aromatic rings. The molecule has 1 fully saturated rings. The van der Waals surface area contributed by atoms with Gasteiger partial charge >= 0.3 is 5.97 Å². The van der Waals surface area contributed by atoms with E-state index in [-0.39, 0.29) is 18.6 Å². The van der Waals surface area contributed by atoms with Crippen LogP contribution in [0.15, 0.2) is 36.4 Å². The molecule has 1 aromatic heterocycles. The molecule has 160 valence electrons. The van der Waals surface area contributed by atoms with E-state index in [2.05, 4.69) is 5.32 Å². The van der Waals surface area contributed by atoms with Gasteiger partial charge in [0.25, 0.3) is 0 Å². The van der Waals surface area contributed by atoms with E-state index in [4.69, 9.17) is 31.0 Å². The van der Waals surface area contributed by atoms with Gasteiger partial charge in [-0.15, -0.1) is 0 Å². The number of carboxylic acids is 1. The highest BCUT2D eigenvalue weighted by Gasteiger charge is 2.28. The van der Waals surface area contributed by atoms with Gasteiger partial charge in [0.05, 0.1) is 11.4 Å². The number of halogens is 1. The fraction of sp³-hybridized carbons (Fsp3) is 0.348. The standard InChI is InChI=1S/C23H22ClN3O4/c24-16-6-7-18-17(10-16)22(25-11-13-1-8-19-20(9-13)31-12-30-19)27-21(26-18)14-2-4-15(5-3-14)23(28)29/h1,6-10,14-15H,2-5,11-12H2,(H,28,29)(H,25,26,27)/t14-,15+. The molecule has 2 N–H and O–H groups in total. The molecule has 8 heteroatoms. The van der Waals surface area contributed by atoms with Crippen LogP contribution in [-0.2, 0) is 11.3 Å². The number of nitrogens with one attached hydrogen (secondary N) is 1. The van der Waals surface area contributed by atoms with Crippen molar-refractivity contribution < 1.29 is 19.4 Å². The van der Waals surface area contributed by atoms with Crippen LogP contribution in [-0.4, -0.2) is 27.8 Å². The zero-order valence-electron chi connectivity index (χ0n) is 16.8. The van der Waals surface area contributed by atoms with Gasteiger partial charge in [-0.2, -0.15) is 0 Å². The first-order chi connectivity index (χ1) is 15.1. The Morgan fingerprint density at radius 3 is 2.68 bits per heavy atom. The molecular formula is C23H22ClN3O4. The second-order valence-corrected chi connectivity index (χ2v) is 8.46. The summed E-state index contributed by atoms with van der Waals surface area (Å²) in [6, 6.07) is 11.4. The third-order valence-electron chi connectivity index (χ3n) is 6.01. The summed E-state index contributed by atoms with van der Waals surface area (Å²) in [5, 5.41) is 14.2. The van der Waals surface area contributed by atoms with E-state index in [1.54, 1.807) is 0 Å². The maximum Gasteiger partial charge on any atom is 0.306 e. The number of carboxylic acid groups (broad SMARTS) is 1. The first-order valence-electron chi connectivity index (χ1n) is 10.4. The maximum absolute atomic E-state index is 11.3. The summed E-state index contributed by atoms with van der Waals surface area (Å²) in [4.78, 5) is 20.9. The van der Waals surface area contributed by atoms with Gasteiger partial charge in [-0.1, -0.05) is 17.7 Å². The Labute approximate surface area is 184 Å². The Morgan fingerprint density at radius 2 is 1.87 bits per heavy atom. The van der Waals surface area contributed by atoms with E-state index in [0.717, 1.165) is 52.4 Å². The van der Waals surface area contributed by atoms with E-state index in [0.29, 0.717) is 24.4 Å². The molecule has 5 rings (SSSR count). The Kier molecular flexibility index (Phi) is 5.28. The second-order valence-electron chi connectivity index (χ2n) is 8.02. The highest BCUT2D eigenvalue weighted by Crippen LogP contribution is 2.37. The van der Waals surface area contributed by atoms with Gasteiger partial charge in [0.1, 0.15) is 11.6 Å². The van der Waals surface area contributed by atoms with Crippen LogP contribution < -0.4 is 14.8 Å².